The Morgan fingerprint density at radius 3 is 2.33 bits per heavy atom. The van der Waals surface area contributed by atoms with Gasteiger partial charge in [0.05, 0.1) is 5.92 Å². The van der Waals surface area contributed by atoms with Gasteiger partial charge in [0.1, 0.15) is 0 Å². The van der Waals surface area contributed by atoms with E-state index in [2.05, 4.69) is 12.2 Å². The van der Waals surface area contributed by atoms with Gasteiger partial charge in [-0.3, -0.25) is 9.59 Å². The van der Waals surface area contributed by atoms with E-state index in [0.29, 0.717) is 19.3 Å². The molecule has 0 saturated heterocycles. The summed E-state index contributed by atoms with van der Waals surface area (Å²) in [5, 5.41) is 11.9. The third-order valence-electron chi connectivity index (χ3n) is 3.70. The van der Waals surface area contributed by atoms with E-state index in [4.69, 9.17) is 5.11 Å². The number of carboxylic acids is 1. The Bertz CT molecular complexity index is 270. The van der Waals surface area contributed by atoms with Crippen molar-refractivity contribution in [1.82, 2.24) is 5.32 Å². The normalized spacial score (nSPS) is 23.6. The molecule has 1 aliphatic rings. The number of aliphatic carboxylic acids is 1. The maximum absolute atomic E-state index is 11.7. The number of carbonyl (C=O) groups excluding carboxylic acids is 1. The van der Waals surface area contributed by atoms with Gasteiger partial charge in [-0.25, -0.2) is 0 Å². The second-order valence-corrected chi connectivity index (χ2v) is 5.26. The number of nitrogens with one attached hydrogen (secondary N) is 1. The van der Waals surface area contributed by atoms with Crippen LogP contribution in [-0.2, 0) is 9.59 Å². The first kappa shape index (κ1) is 15.0. The molecule has 18 heavy (non-hydrogen) atoms. The molecule has 0 aromatic carbocycles. The highest BCUT2D eigenvalue weighted by Gasteiger charge is 2.26. The summed E-state index contributed by atoms with van der Waals surface area (Å²) in [6.45, 7) is 2.15. The van der Waals surface area contributed by atoms with E-state index in [1.807, 2.05) is 0 Å². The lowest BCUT2D eigenvalue weighted by molar-refractivity contribution is -0.142. The minimum atomic E-state index is -0.695. The Kier molecular flexibility index (Phi) is 6.76. The lowest BCUT2D eigenvalue weighted by Crippen LogP contribution is -2.38. The van der Waals surface area contributed by atoms with Crippen LogP contribution in [0.25, 0.3) is 0 Å². The number of amides is 1. The Balaban J connectivity index is 2.12. The predicted octanol–water partition coefficient (Wildman–Crippen LogP) is 2.72. The van der Waals surface area contributed by atoms with Crippen LogP contribution in [0.2, 0.25) is 0 Å². The summed E-state index contributed by atoms with van der Waals surface area (Å²) in [5.41, 5.74) is 0. The van der Waals surface area contributed by atoms with Crippen molar-refractivity contribution in [1.29, 1.82) is 0 Å². The zero-order chi connectivity index (χ0) is 13.4. The van der Waals surface area contributed by atoms with Gasteiger partial charge in [0.25, 0.3) is 0 Å². The third-order valence-corrected chi connectivity index (χ3v) is 3.70. The van der Waals surface area contributed by atoms with Crippen LogP contribution in [0, 0.1) is 5.92 Å². The van der Waals surface area contributed by atoms with Crippen LogP contribution in [0.15, 0.2) is 0 Å². The molecule has 0 unspecified atom stereocenters. The largest absolute Gasteiger partial charge is 0.481 e. The molecule has 1 aliphatic carbocycles. The van der Waals surface area contributed by atoms with E-state index in [1.54, 1.807) is 0 Å². The first-order chi connectivity index (χ1) is 8.63. The Morgan fingerprint density at radius 2 is 1.78 bits per heavy atom. The Hall–Kier alpha value is -1.06. The van der Waals surface area contributed by atoms with Gasteiger partial charge in [0.2, 0.25) is 5.91 Å². The molecule has 4 heteroatoms. The fourth-order valence-corrected chi connectivity index (χ4v) is 2.50. The van der Waals surface area contributed by atoms with Gasteiger partial charge < -0.3 is 10.4 Å². The molecule has 0 radical (unpaired) electrons. The van der Waals surface area contributed by atoms with E-state index in [9.17, 15) is 9.59 Å². The number of rotatable bonds is 7. The summed E-state index contributed by atoms with van der Waals surface area (Å²) >= 11 is 0. The number of unbranched alkanes of at least 4 members (excludes halogenated alkanes) is 3. The molecule has 0 bridgehead atoms. The number of carboxylic acid groups (broad SMARTS) is 1. The van der Waals surface area contributed by atoms with Crippen LogP contribution in [0.1, 0.15) is 64.7 Å². The van der Waals surface area contributed by atoms with Crippen molar-refractivity contribution >= 4 is 11.9 Å². The maximum atomic E-state index is 11.7. The average Bonchev–Trinajstić information content (AvgIpc) is 2.35. The molecule has 2 N–H and O–H groups in total. The zero-order valence-corrected chi connectivity index (χ0v) is 11.3. The summed E-state index contributed by atoms with van der Waals surface area (Å²) in [7, 11) is 0. The standard InChI is InChI=1S/C14H25NO3/c1-2-3-4-5-6-13(16)15-12-9-7-11(8-10-12)14(17)18/h11-12H,2-10H2,1H3,(H,15,16)(H,17,18). The lowest BCUT2D eigenvalue weighted by Gasteiger charge is -2.26. The monoisotopic (exact) mass is 255 g/mol. The van der Waals surface area contributed by atoms with Crippen LogP contribution >= 0.6 is 0 Å². The first-order valence-corrected chi connectivity index (χ1v) is 7.15. The van der Waals surface area contributed by atoms with E-state index in [-0.39, 0.29) is 17.9 Å². The van der Waals surface area contributed by atoms with Crippen molar-refractivity contribution in [2.24, 2.45) is 5.92 Å². The number of hydrogen-bond donors (Lipinski definition) is 2. The molecule has 0 aromatic heterocycles. The summed E-state index contributed by atoms with van der Waals surface area (Å²) in [6, 6.07) is 0.194. The minimum Gasteiger partial charge on any atom is -0.481 e. The van der Waals surface area contributed by atoms with Gasteiger partial charge in [0, 0.05) is 12.5 Å². The Morgan fingerprint density at radius 1 is 1.11 bits per heavy atom. The molecular formula is C14H25NO3. The highest BCUT2D eigenvalue weighted by atomic mass is 16.4. The van der Waals surface area contributed by atoms with Gasteiger partial charge in [-0.1, -0.05) is 26.2 Å². The van der Waals surface area contributed by atoms with Crippen molar-refractivity contribution < 1.29 is 14.7 Å². The van der Waals surface area contributed by atoms with E-state index < -0.39 is 5.97 Å². The summed E-state index contributed by atoms with van der Waals surface area (Å²) in [5.74, 6) is -0.771. The van der Waals surface area contributed by atoms with Crippen molar-refractivity contribution in [3.05, 3.63) is 0 Å². The van der Waals surface area contributed by atoms with Gasteiger partial charge in [-0.05, 0) is 32.1 Å². The average molecular weight is 255 g/mol. The third kappa shape index (κ3) is 5.52. The molecule has 1 fully saturated rings. The van der Waals surface area contributed by atoms with Crippen LogP contribution in [0.3, 0.4) is 0 Å². The zero-order valence-electron chi connectivity index (χ0n) is 11.3. The van der Waals surface area contributed by atoms with Crippen LogP contribution in [-0.4, -0.2) is 23.0 Å². The van der Waals surface area contributed by atoms with E-state index in [1.165, 1.54) is 12.8 Å². The number of carbonyl (C=O) groups is 2. The fraction of sp³-hybridized carbons (Fsp3) is 0.857. The van der Waals surface area contributed by atoms with Crippen molar-refractivity contribution in [3.8, 4) is 0 Å². The maximum Gasteiger partial charge on any atom is 0.306 e. The van der Waals surface area contributed by atoms with Gasteiger partial charge in [-0.15, -0.1) is 0 Å². The molecule has 0 atom stereocenters. The quantitative estimate of drug-likeness (QED) is 0.687. The second kappa shape index (κ2) is 8.11. The van der Waals surface area contributed by atoms with Crippen LogP contribution in [0.5, 0.6) is 0 Å². The molecule has 4 nitrogen and oxygen atoms in total. The molecule has 0 spiro atoms. The molecule has 1 rings (SSSR count). The molecular weight excluding hydrogens is 230 g/mol. The van der Waals surface area contributed by atoms with Crippen molar-refractivity contribution in [2.45, 2.75) is 70.8 Å². The SMILES string of the molecule is CCCCCCC(=O)NC1CCC(C(=O)O)CC1. The molecule has 0 heterocycles. The molecule has 1 amide bonds. The summed E-state index contributed by atoms with van der Waals surface area (Å²) in [6.07, 6.45) is 8.05. The lowest BCUT2D eigenvalue weighted by atomic mass is 9.86. The van der Waals surface area contributed by atoms with E-state index >= 15 is 0 Å². The molecule has 0 aliphatic heterocycles. The minimum absolute atomic E-state index is 0.130. The van der Waals surface area contributed by atoms with Crippen LogP contribution in [0.4, 0.5) is 0 Å². The van der Waals surface area contributed by atoms with Gasteiger partial charge in [0.15, 0.2) is 0 Å². The highest BCUT2D eigenvalue weighted by molar-refractivity contribution is 5.76. The number of hydrogen-bond acceptors (Lipinski definition) is 2. The first-order valence-electron chi connectivity index (χ1n) is 7.15. The summed E-state index contributed by atoms with van der Waals surface area (Å²) < 4.78 is 0. The topological polar surface area (TPSA) is 66.4 Å². The molecule has 104 valence electrons. The van der Waals surface area contributed by atoms with Gasteiger partial charge >= 0.3 is 5.97 Å². The Labute approximate surface area is 109 Å². The molecule has 1 saturated carbocycles. The molecule has 0 aromatic rings. The highest BCUT2D eigenvalue weighted by Crippen LogP contribution is 2.24. The van der Waals surface area contributed by atoms with Crippen molar-refractivity contribution in [2.75, 3.05) is 0 Å². The van der Waals surface area contributed by atoms with Gasteiger partial charge in [-0.2, -0.15) is 0 Å². The smallest absolute Gasteiger partial charge is 0.306 e. The second-order valence-electron chi connectivity index (χ2n) is 5.26. The van der Waals surface area contributed by atoms with Crippen LogP contribution < -0.4 is 5.32 Å². The summed E-state index contributed by atoms with van der Waals surface area (Å²) in [4.78, 5) is 22.5. The van der Waals surface area contributed by atoms with E-state index in [0.717, 1.165) is 25.7 Å². The fourth-order valence-electron chi connectivity index (χ4n) is 2.50. The predicted molar refractivity (Wildman–Crippen MR) is 70.3 cm³/mol. The van der Waals surface area contributed by atoms with Crippen molar-refractivity contribution in [3.63, 3.8) is 0 Å².